The van der Waals surface area contributed by atoms with Crippen LogP contribution in [-0.2, 0) is 4.79 Å². The summed E-state index contributed by atoms with van der Waals surface area (Å²) < 4.78 is 0. The lowest BCUT2D eigenvalue weighted by Gasteiger charge is -2.25. The molecule has 0 saturated heterocycles. The summed E-state index contributed by atoms with van der Waals surface area (Å²) >= 11 is 0. The number of nitrogen functional groups attached to an aromatic ring is 1. The van der Waals surface area contributed by atoms with Gasteiger partial charge in [0, 0.05) is 17.6 Å². The van der Waals surface area contributed by atoms with Gasteiger partial charge in [0.05, 0.1) is 12.1 Å². The standard InChI is InChI=1S/C14H19N5O/c1-9(2)6-19(7-13(16)20)14-11-4-3-10(15)5-12(11)17-8-18-14/h3-5,8-9H,6-7,15H2,1-2H3,(H2,16,20). The van der Waals surface area contributed by atoms with Gasteiger partial charge in [0.25, 0.3) is 0 Å². The Morgan fingerprint density at radius 1 is 1.35 bits per heavy atom. The lowest BCUT2D eigenvalue weighted by Crippen LogP contribution is -2.37. The number of carbonyl (C=O) groups excluding carboxylic acids is 1. The second-order valence-electron chi connectivity index (χ2n) is 5.21. The minimum atomic E-state index is -0.382. The highest BCUT2D eigenvalue weighted by atomic mass is 16.1. The maximum atomic E-state index is 11.3. The third-order valence-corrected chi connectivity index (χ3v) is 2.87. The van der Waals surface area contributed by atoms with Crippen molar-refractivity contribution in [2.24, 2.45) is 11.7 Å². The van der Waals surface area contributed by atoms with Crippen molar-refractivity contribution in [3.63, 3.8) is 0 Å². The van der Waals surface area contributed by atoms with Crippen LogP contribution in [0.15, 0.2) is 24.5 Å². The quantitative estimate of drug-likeness (QED) is 0.796. The second-order valence-corrected chi connectivity index (χ2v) is 5.21. The van der Waals surface area contributed by atoms with Crippen LogP contribution in [0.4, 0.5) is 11.5 Å². The lowest BCUT2D eigenvalue weighted by molar-refractivity contribution is -0.116. The van der Waals surface area contributed by atoms with Gasteiger partial charge in [-0.05, 0) is 24.1 Å². The molecule has 0 radical (unpaired) electrons. The van der Waals surface area contributed by atoms with Crippen LogP contribution in [0.25, 0.3) is 10.9 Å². The van der Waals surface area contributed by atoms with E-state index >= 15 is 0 Å². The van der Waals surface area contributed by atoms with Crippen molar-refractivity contribution in [2.75, 3.05) is 23.7 Å². The molecular formula is C14H19N5O. The highest BCUT2D eigenvalue weighted by molar-refractivity contribution is 5.92. The fourth-order valence-electron chi connectivity index (χ4n) is 2.17. The van der Waals surface area contributed by atoms with E-state index in [2.05, 4.69) is 23.8 Å². The summed E-state index contributed by atoms with van der Waals surface area (Å²) in [7, 11) is 0. The molecule has 0 aliphatic carbocycles. The SMILES string of the molecule is CC(C)CN(CC(N)=O)c1ncnc2cc(N)ccc12. The molecule has 6 heteroatoms. The highest BCUT2D eigenvalue weighted by Crippen LogP contribution is 2.24. The van der Waals surface area contributed by atoms with Crippen molar-refractivity contribution < 1.29 is 4.79 Å². The van der Waals surface area contributed by atoms with Gasteiger partial charge < -0.3 is 16.4 Å². The molecule has 4 N–H and O–H groups in total. The molecule has 0 aliphatic heterocycles. The first-order chi connectivity index (χ1) is 9.47. The van der Waals surface area contributed by atoms with Gasteiger partial charge in [0.15, 0.2) is 0 Å². The molecule has 20 heavy (non-hydrogen) atoms. The molecule has 1 aromatic carbocycles. The van der Waals surface area contributed by atoms with E-state index in [0.29, 0.717) is 24.0 Å². The molecule has 0 spiro atoms. The van der Waals surface area contributed by atoms with Crippen molar-refractivity contribution in [2.45, 2.75) is 13.8 Å². The topological polar surface area (TPSA) is 98.1 Å². The van der Waals surface area contributed by atoms with E-state index in [-0.39, 0.29) is 12.5 Å². The average molecular weight is 273 g/mol. The molecular weight excluding hydrogens is 254 g/mol. The summed E-state index contributed by atoms with van der Waals surface area (Å²) in [5.41, 5.74) is 12.5. The molecule has 6 nitrogen and oxygen atoms in total. The Labute approximate surface area is 117 Å². The summed E-state index contributed by atoms with van der Waals surface area (Å²) in [6.45, 7) is 4.98. The van der Waals surface area contributed by atoms with Crippen LogP contribution < -0.4 is 16.4 Å². The Morgan fingerprint density at radius 3 is 2.75 bits per heavy atom. The monoisotopic (exact) mass is 273 g/mol. The number of nitrogens with two attached hydrogens (primary N) is 2. The number of fused-ring (bicyclic) bond motifs is 1. The third kappa shape index (κ3) is 3.14. The number of amides is 1. The number of aromatic nitrogens is 2. The number of rotatable bonds is 5. The van der Waals surface area contributed by atoms with Gasteiger partial charge in [0.2, 0.25) is 5.91 Å². The molecule has 106 valence electrons. The van der Waals surface area contributed by atoms with Gasteiger partial charge in [-0.25, -0.2) is 9.97 Å². The molecule has 0 atom stereocenters. The minimum Gasteiger partial charge on any atom is -0.399 e. The summed E-state index contributed by atoms with van der Waals surface area (Å²) in [5, 5.41) is 0.864. The Balaban J connectivity index is 2.49. The molecule has 1 aromatic heterocycles. The Bertz CT molecular complexity index is 626. The smallest absolute Gasteiger partial charge is 0.236 e. The van der Waals surface area contributed by atoms with Crippen LogP contribution in [0.5, 0.6) is 0 Å². The van der Waals surface area contributed by atoms with Crippen LogP contribution in [0.3, 0.4) is 0 Å². The van der Waals surface area contributed by atoms with Crippen LogP contribution in [-0.4, -0.2) is 29.0 Å². The predicted octanol–water partition coefficient (Wildman–Crippen LogP) is 1.16. The van der Waals surface area contributed by atoms with Crippen LogP contribution in [0.1, 0.15) is 13.8 Å². The van der Waals surface area contributed by atoms with Gasteiger partial charge in [0.1, 0.15) is 12.1 Å². The van der Waals surface area contributed by atoms with E-state index in [4.69, 9.17) is 11.5 Å². The van der Waals surface area contributed by atoms with E-state index < -0.39 is 0 Å². The summed E-state index contributed by atoms with van der Waals surface area (Å²) in [5.74, 6) is 0.712. The summed E-state index contributed by atoms with van der Waals surface area (Å²) in [6.07, 6.45) is 1.48. The predicted molar refractivity (Wildman–Crippen MR) is 80.2 cm³/mol. The summed E-state index contributed by atoms with van der Waals surface area (Å²) in [6, 6.07) is 5.46. The molecule has 0 aliphatic rings. The van der Waals surface area contributed by atoms with E-state index in [1.807, 2.05) is 11.0 Å². The third-order valence-electron chi connectivity index (χ3n) is 2.87. The minimum absolute atomic E-state index is 0.134. The molecule has 1 amide bonds. The van der Waals surface area contributed by atoms with Crippen LogP contribution in [0, 0.1) is 5.92 Å². The molecule has 2 aromatic rings. The second kappa shape index (κ2) is 5.73. The van der Waals surface area contributed by atoms with Gasteiger partial charge in [-0.15, -0.1) is 0 Å². The number of nitrogens with zero attached hydrogens (tertiary/aromatic N) is 3. The number of anilines is 2. The zero-order valence-corrected chi connectivity index (χ0v) is 11.7. The summed E-state index contributed by atoms with van der Waals surface area (Å²) in [4.78, 5) is 21.7. The number of hydrogen-bond donors (Lipinski definition) is 2. The van der Waals surface area contributed by atoms with Gasteiger partial charge in [-0.1, -0.05) is 13.8 Å². The Hall–Kier alpha value is -2.37. The molecule has 0 saturated carbocycles. The fraction of sp³-hybridized carbons (Fsp3) is 0.357. The first kappa shape index (κ1) is 14.0. The number of benzene rings is 1. The van der Waals surface area contributed by atoms with Crippen molar-refractivity contribution in [3.05, 3.63) is 24.5 Å². The zero-order chi connectivity index (χ0) is 14.7. The van der Waals surface area contributed by atoms with Crippen molar-refractivity contribution in [3.8, 4) is 0 Å². The maximum Gasteiger partial charge on any atom is 0.236 e. The average Bonchev–Trinajstić information content (AvgIpc) is 2.35. The molecule has 0 unspecified atom stereocenters. The van der Waals surface area contributed by atoms with E-state index in [1.54, 1.807) is 12.1 Å². The molecule has 2 rings (SSSR count). The van der Waals surface area contributed by atoms with Crippen LogP contribution in [0.2, 0.25) is 0 Å². The largest absolute Gasteiger partial charge is 0.399 e. The first-order valence-electron chi connectivity index (χ1n) is 6.51. The highest BCUT2D eigenvalue weighted by Gasteiger charge is 2.15. The maximum absolute atomic E-state index is 11.3. The normalized spacial score (nSPS) is 10.9. The van der Waals surface area contributed by atoms with Crippen molar-refractivity contribution in [1.82, 2.24) is 9.97 Å². The molecule has 1 heterocycles. The van der Waals surface area contributed by atoms with Gasteiger partial charge >= 0.3 is 0 Å². The van der Waals surface area contributed by atoms with Gasteiger partial charge in [-0.2, -0.15) is 0 Å². The Kier molecular flexibility index (Phi) is 4.02. The van der Waals surface area contributed by atoms with Crippen molar-refractivity contribution in [1.29, 1.82) is 0 Å². The first-order valence-corrected chi connectivity index (χ1v) is 6.51. The number of hydrogen-bond acceptors (Lipinski definition) is 5. The van der Waals surface area contributed by atoms with E-state index in [9.17, 15) is 4.79 Å². The van der Waals surface area contributed by atoms with Crippen molar-refractivity contribution >= 4 is 28.3 Å². The Morgan fingerprint density at radius 2 is 2.10 bits per heavy atom. The lowest BCUT2D eigenvalue weighted by atomic mass is 10.1. The fourth-order valence-corrected chi connectivity index (χ4v) is 2.17. The molecule has 0 bridgehead atoms. The van der Waals surface area contributed by atoms with Gasteiger partial charge in [-0.3, -0.25) is 4.79 Å². The van der Waals surface area contributed by atoms with E-state index in [0.717, 1.165) is 10.9 Å². The number of primary amides is 1. The number of carbonyl (C=O) groups is 1. The zero-order valence-electron chi connectivity index (χ0n) is 11.7. The molecule has 0 fully saturated rings. The van der Waals surface area contributed by atoms with Crippen LogP contribution >= 0.6 is 0 Å². The van der Waals surface area contributed by atoms with E-state index in [1.165, 1.54) is 6.33 Å².